The highest BCUT2D eigenvalue weighted by atomic mass is 35.5. The zero-order valence-corrected chi connectivity index (χ0v) is 10.9. The molecule has 17 heavy (non-hydrogen) atoms. The predicted molar refractivity (Wildman–Crippen MR) is 71.2 cm³/mol. The van der Waals surface area contributed by atoms with Crippen molar-refractivity contribution in [1.82, 2.24) is 0 Å². The van der Waals surface area contributed by atoms with Crippen molar-refractivity contribution < 1.29 is 4.79 Å². The molecule has 0 spiro atoms. The Morgan fingerprint density at radius 3 is 2.41 bits per heavy atom. The van der Waals surface area contributed by atoms with Gasteiger partial charge in [-0.25, -0.2) is 0 Å². The summed E-state index contributed by atoms with van der Waals surface area (Å²) in [4.78, 5) is 16.2. The van der Waals surface area contributed by atoms with Crippen molar-refractivity contribution in [2.24, 2.45) is 10.4 Å². The summed E-state index contributed by atoms with van der Waals surface area (Å²) >= 11 is 5.82. The van der Waals surface area contributed by atoms with Gasteiger partial charge in [0.25, 0.3) is 0 Å². The lowest BCUT2D eigenvalue weighted by Gasteiger charge is -2.29. The zero-order valence-electron chi connectivity index (χ0n) is 10.2. The Bertz CT molecular complexity index is 460. The number of hydrogen-bond acceptors (Lipinski definition) is 2. The van der Waals surface area contributed by atoms with Crippen LogP contribution in [0.3, 0.4) is 0 Å². The minimum atomic E-state index is 0.0423. The summed E-state index contributed by atoms with van der Waals surface area (Å²) in [7, 11) is 0. The number of Topliss-reactive ketones (excluding diaryl/α,β-unsaturated/α-hetero) is 1. The molecule has 1 aliphatic rings. The van der Waals surface area contributed by atoms with E-state index in [0.29, 0.717) is 17.9 Å². The molecule has 3 heteroatoms. The van der Waals surface area contributed by atoms with Crippen LogP contribution >= 0.6 is 11.6 Å². The van der Waals surface area contributed by atoms with Crippen molar-refractivity contribution in [3.05, 3.63) is 29.3 Å². The fraction of sp³-hybridized carbons (Fsp3) is 0.429. The van der Waals surface area contributed by atoms with Crippen LogP contribution in [0.1, 0.15) is 33.1 Å². The molecule has 2 rings (SSSR count). The number of benzene rings is 1. The summed E-state index contributed by atoms with van der Waals surface area (Å²) in [5.41, 5.74) is 1.89. The van der Waals surface area contributed by atoms with Crippen LogP contribution in [-0.4, -0.2) is 11.5 Å². The topological polar surface area (TPSA) is 29.4 Å². The van der Waals surface area contributed by atoms with E-state index in [9.17, 15) is 4.79 Å². The van der Waals surface area contributed by atoms with Crippen LogP contribution in [0.25, 0.3) is 0 Å². The summed E-state index contributed by atoms with van der Waals surface area (Å²) in [5.74, 6) is 0.286. The quantitative estimate of drug-likeness (QED) is 0.734. The average molecular weight is 250 g/mol. The van der Waals surface area contributed by atoms with Gasteiger partial charge >= 0.3 is 0 Å². The maximum atomic E-state index is 11.6. The molecule has 1 aliphatic carbocycles. The van der Waals surface area contributed by atoms with Crippen molar-refractivity contribution in [2.45, 2.75) is 33.1 Å². The van der Waals surface area contributed by atoms with Crippen molar-refractivity contribution in [3.8, 4) is 0 Å². The first kappa shape index (κ1) is 12.3. The second-order valence-electron chi connectivity index (χ2n) is 5.39. The highest BCUT2D eigenvalue weighted by Crippen LogP contribution is 2.33. The van der Waals surface area contributed by atoms with Crippen LogP contribution in [-0.2, 0) is 4.79 Å². The van der Waals surface area contributed by atoms with Gasteiger partial charge in [0.05, 0.1) is 5.69 Å². The van der Waals surface area contributed by atoms with Gasteiger partial charge in [0.1, 0.15) is 5.78 Å². The molecule has 0 aliphatic heterocycles. The molecule has 90 valence electrons. The second kappa shape index (κ2) is 4.61. The molecule has 0 radical (unpaired) electrons. The number of hydrogen-bond donors (Lipinski definition) is 0. The molecule has 1 saturated carbocycles. The summed E-state index contributed by atoms with van der Waals surface area (Å²) in [6.45, 7) is 4.23. The number of aliphatic imine (C=N–C) groups is 1. The summed E-state index contributed by atoms with van der Waals surface area (Å²) in [6, 6.07) is 7.39. The van der Waals surface area contributed by atoms with Crippen LogP contribution in [0, 0.1) is 5.41 Å². The van der Waals surface area contributed by atoms with Crippen LogP contribution in [0.4, 0.5) is 5.69 Å². The Hall–Kier alpha value is -1.15. The Balaban J connectivity index is 2.21. The molecule has 2 nitrogen and oxygen atoms in total. The van der Waals surface area contributed by atoms with Crippen LogP contribution < -0.4 is 0 Å². The van der Waals surface area contributed by atoms with E-state index in [2.05, 4.69) is 18.8 Å². The lowest BCUT2D eigenvalue weighted by Crippen LogP contribution is -2.28. The van der Waals surface area contributed by atoms with Crippen molar-refractivity contribution in [3.63, 3.8) is 0 Å². The molecule has 0 bridgehead atoms. The van der Waals surface area contributed by atoms with Crippen LogP contribution in [0.5, 0.6) is 0 Å². The molecule has 0 aromatic heterocycles. The SMILES string of the molecule is CC1(C)CC(=O)CC(=Nc2ccc(Cl)cc2)C1. The Labute approximate surface area is 107 Å². The maximum absolute atomic E-state index is 11.6. The van der Waals surface area contributed by atoms with Crippen molar-refractivity contribution in [1.29, 1.82) is 0 Å². The first-order valence-corrected chi connectivity index (χ1v) is 6.16. The fourth-order valence-electron chi connectivity index (χ4n) is 2.28. The van der Waals surface area contributed by atoms with E-state index in [1.54, 1.807) is 0 Å². The monoisotopic (exact) mass is 249 g/mol. The van der Waals surface area contributed by atoms with Gasteiger partial charge in [0.15, 0.2) is 0 Å². The molecule has 0 unspecified atom stereocenters. The molecule has 1 aromatic carbocycles. The third kappa shape index (κ3) is 3.40. The summed E-state index contributed by atoms with van der Waals surface area (Å²) in [6.07, 6.45) is 2.04. The highest BCUT2D eigenvalue weighted by Gasteiger charge is 2.30. The Kier molecular flexibility index (Phi) is 3.34. The first-order chi connectivity index (χ1) is 7.94. The van der Waals surface area contributed by atoms with Crippen molar-refractivity contribution >= 4 is 28.8 Å². The van der Waals surface area contributed by atoms with E-state index in [0.717, 1.165) is 17.8 Å². The highest BCUT2D eigenvalue weighted by molar-refractivity contribution is 6.30. The number of carbonyl (C=O) groups is 1. The third-order valence-electron chi connectivity index (χ3n) is 2.87. The number of nitrogens with zero attached hydrogens (tertiary/aromatic N) is 1. The molecule has 0 amide bonds. The van der Waals surface area contributed by atoms with Gasteiger partial charge in [-0.3, -0.25) is 9.79 Å². The maximum Gasteiger partial charge on any atom is 0.139 e. The average Bonchev–Trinajstić information content (AvgIpc) is 2.18. The summed E-state index contributed by atoms with van der Waals surface area (Å²) < 4.78 is 0. The first-order valence-electron chi connectivity index (χ1n) is 5.78. The normalized spacial score (nSPS) is 21.8. The Morgan fingerprint density at radius 1 is 1.18 bits per heavy atom. The van der Waals surface area contributed by atoms with Gasteiger partial charge in [0, 0.05) is 23.6 Å². The second-order valence-corrected chi connectivity index (χ2v) is 5.82. The molecular weight excluding hydrogens is 234 g/mol. The van der Waals surface area contributed by atoms with E-state index in [-0.39, 0.29) is 11.2 Å². The molecule has 1 aromatic rings. The van der Waals surface area contributed by atoms with Gasteiger partial charge in [-0.05, 0) is 36.1 Å². The van der Waals surface area contributed by atoms with Gasteiger partial charge in [-0.1, -0.05) is 25.4 Å². The van der Waals surface area contributed by atoms with Gasteiger partial charge in [0.2, 0.25) is 0 Å². The standard InChI is InChI=1S/C14H16ClNO/c1-14(2)8-12(7-13(17)9-14)16-11-5-3-10(15)4-6-11/h3-6H,7-9H2,1-2H3. The van der Waals surface area contributed by atoms with Crippen molar-refractivity contribution in [2.75, 3.05) is 0 Å². The molecule has 0 N–H and O–H groups in total. The van der Waals surface area contributed by atoms with E-state index >= 15 is 0 Å². The van der Waals surface area contributed by atoms with E-state index < -0.39 is 0 Å². The lowest BCUT2D eigenvalue weighted by atomic mass is 9.76. The van der Waals surface area contributed by atoms with E-state index in [4.69, 9.17) is 11.6 Å². The summed E-state index contributed by atoms with van der Waals surface area (Å²) in [5, 5.41) is 0.703. The third-order valence-corrected chi connectivity index (χ3v) is 3.13. The van der Waals surface area contributed by atoms with E-state index in [1.807, 2.05) is 24.3 Å². The van der Waals surface area contributed by atoms with Gasteiger partial charge < -0.3 is 0 Å². The van der Waals surface area contributed by atoms with Crippen LogP contribution in [0.2, 0.25) is 5.02 Å². The smallest absolute Gasteiger partial charge is 0.139 e. The molecule has 0 atom stereocenters. The number of halogens is 1. The molecule has 0 saturated heterocycles. The minimum absolute atomic E-state index is 0.0423. The zero-order chi connectivity index (χ0) is 12.5. The molecule has 1 fully saturated rings. The van der Waals surface area contributed by atoms with Gasteiger partial charge in [-0.2, -0.15) is 0 Å². The minimum Gasteiger partial charge on any atom is -0.299 e. The number of ketones is 1. The Morgan fingerprint density at radius 2 is 1.82 bits per heavy atom. The van der Waals surface area contributed by atoms with Crippen LogP contribution in [0.15, 0.2) is 29.3 Å². The lowest BCUT2D eigenvalue weighted by molar-refractivity contribution is -0.120. The largest absolute Gasteiger partial charge is 0.299 e. The number of rotatable bonds is 1. The molecular formula is C14H16ClNO. The van der Waals surface area contributed by atoms with Gasteiger partial charge in [-0.15, -0.1) is 0 Å². The fourth-order valence-corrected chi connectivity index (χ4v) is 2.40. The molecule has 0 heterocycles. The predicted octanol–water partition coefficient (Wildman–Crippen LogP) is 4.19. The number of carbonyl (C=O) groups excluding carboxylic acids is 1. The van der Waals surface area contributed by atoms with E-state index in [1.165, 1.54) is 0 Å².